The van der Waals surface area contributed by atoms with E-state index in [0.29, 0.717) is 6.42 Å². The minimum atomic E-state index is 0. The Labute approximate surface area is 48.3 Å². The number of carbonyl (C=O) groups excluding carboxylic acids is 1. The van der Waals surface area contributed by atoms with Gasteiger partial charge in [0.2, 0.25) is 0 Å². The van der Waals surface area contributed by atoms with Crippen LogP contribution in [0.2, 0.25) is 0 Å². The van der Waals surface area contributed by atoms with Crippen molar-refractivity contribution in [3.63, 3.8) is 0 Å². The van der Waals surface area contributed by atoms with Gasteiger partial charge in [-0.25, -0.2) is 0 Å². The molecule has 1 nitrogen and oxygen atoms in total. The Bertz CT molecular complexity index is 28.7. The minimum Gasteiger partial charge on any atom is -0.542 e. The fourth-order valence-electron chi connectivity index (χ4n) is 0.102. The third kappa shape index (κ3) is 8.90. The Kier molecular flexibility index (Phi) is 14.2. The van der Waals surface area contributed by atoms with E-state index in [2.05, 4.69) is 0 Å². The molecule has 1 radical (unpaired) electrons. The topological polar surface area (TPSA) is 17.1 Å². The molecule has 0 unspecified atom stereocenters. The molecule has 0 bridgehead atoms. The predicted molar refractivity (Wildman–Crippen MR) is 20.6 cm³/mol. The zero-order valence-corrected chi connectivity index (χ0v) is 4.70. The fraction of sp³-hybridized carbons (Fsp3) is 0.750. The van der Waals surface area contributed by atoms with E-state index in [9.17, 15) is 4.79 Å². The molecule has 0 aromatic heterocycles. The van der Waals surface area contributed by atoms with Gasteiger partial charge in [0.25, 0.3) is 0 Å². The number of rotatable bonds is 2. The summed E-state index contributed by atoms with van der Waals surface area (Å²) in [5.41, 5.74) is 0. The summed E-state index contributed by atoms with van der Waals surface area (Å²) in [5, 5.41) is 0. The van der Waals surface area contributed by atoms with Crippen molar-refractivity contribution in [1.29, 1.82) is 0 Å². The first-order valence-electron chi connectivity index (χ1n) is 1.76. The van der Waals surface area contributed by atoms with E-state index >= 15 is 0 Å². The second kappa shape index (κ2) is 8.95. The van der Waals surface area contributed by atoms with Gasteiger partial charge in [0.05, 0.1) is 0 Å². The molecule has 0 saturated heterocycles. The maximum Gasteiger partial charge on any atom is 0 e. The minimum absolute atomic E-state index is 0. The van der Waals surface area contributed by atoms with Crippen LogP contribution in [0.25, 0.3) is 0 Å². The largest absolute Gasteiger partial charge is 0.542 e. The number of hydrogen-bond donors (Lipinski definition) is 0. The van der Waals surface area contributed by atoms with Crippen molar-refractivity contribution in [2.75, 3.05) is 0 Å². The van der Waals surface area contributed by atoms with Gasteiger partial charge in [-0.2, -0.15) is 6.42 Å². The summed E-state index contributed by atoms with van der Waals surface area (Å²) in [5.74, 6) is 0. The van der Waals surface area contributed by atoms with Gasteiger partial charge in [0.1, 0.15) is 0 Å². The first-order valence-corrected chi connectivity index (χ1v) is 1.76. The average Bonchev–Trinajstić information content (AvgIpc) is 1.41. The van der Waals surface area contributed by atoms with Gasteiger partial charge in [-0.1, -0.05) is 13.3 Å². The molecule has 0 atom stereocenters. The van der Waals surface area contributed by atoms with E-state index in [1.54, 1.807) is 6.29 Å². The van der Waals surface area contributed by atoms with Crippen molar-refractivity contribution in [2.24, 2.45) is 0 Å². The quantitative estimate of drug-likeness (QED) is 0.507. The van der Waals surface area contributed by atoms with Crippen LogP contribution < -0.4 is 0 Å². The number of unbranched alkanes of at least 4 members (excludes halogenated alkanes) is 1. The normalized spacial score (nSPS) is 6.17. The van der Waals surface area contributed by atoms with Gasteiger partial charge >= 0.3 is 0 Å². The smallest absolute Gasteiger partial charge is 0 e. The van der Waals surface area contributed by atoms with Crippen LogP contribution in [0.3, 0.4) is 0 Å². The Balaban J connectivity index is 0. The molecule has 0 aromatic rings. The average molecular weight is 130 g/mol. The Morgan fingerprint density at radius 3 is 2.17 bits per heavy atom. The summed E-state index contributed by atoms with van der Waals surface area (Å²) in [6.07, 6.45) is 3.27. The zero-order valence-electron chi connectivity index (χ0n) is 3.66. The molecule has 6 heavy (non-hydrogen) atoms. The Hall–Kier alpha value is 0.176. The zero-order chi connectivity index (χ0) is 4.12. The first kappa shape index (κ1) is 9.49. The van der Waals surface area contributed by atoms with Gasteiger partial charge in [-0.3, -0.25) is 6.29 Å². The van der Waals surface area contributed by atoms with Gasteiger partial charge in [-0.05, 0) is 0 Å². The van der Waals surface area contributed by atoms with Gasteiger partial charge in [-0.15, -0.1) is 0 Å². The maximum atomic E-state index is 9.28. The maximum absolute atomic E-state index is 9.28. The van der Waals surface area contributed by atoms with Crippen LogP contribution in [0.15, 0.2) is 0 Å². The molecule has 39 valence electrons. The molecule has 0 fully saturated rings. The molecule has 0 aromatic carbocycles. The molecule has 0 spiro atoms. The standard InChI is InChI=1S/C4H7O.Co/c1-2-3-4-5;/h2-3H2,1H3;/q-1;. The van der Waals surface area contributed by atoms with Crippen LogP contribution in [0.5, 0.6) is 0 Å². The van der Waals surface area contributed by atoms with Crippen molar-refractivity contribution in [3.8, 4) is 0 Å². The molecule has 0 aliphatic rings. The van der Waals surface area contributed by atoms with E-state index in [1.165, 1.54) is 0 Å². The van der Waals surface area contributed by atoms with Crippen molar-refractivity contribution in [3.05, 3.63) is 0 Å². The molecule has 0 saturated carbocycles. The van der Waals surface area contributed by atoms with Crippen LogP contribution in [0, 0.1) is 0 Å². The summed E-state index contributed by atoms with van der Waals surface area (Å²) in [6.45, 7) is 1.95. The molecule has 0 aliphatic heterocycles. The van der Waals surface area contributed by atoms with Crippen molar-refractivity contribution in [2.45, 2.75) is 19.8 Å². The summed E-state index contributed by atoms with van der Waals surface area (Å²) in [6, 6.07) is 0. The summed E-state index contributed by atoms with van der Waals surface area (Å²) < 4.78 is 0. The van der Waals surface area contributed by atoms with Crippen molar-refractivity contribution < 1.29 is 21.6 Å². The SMILES string of the molecule is CCC[C-]=O.[Co]. The van der Waals surface area contributed by atoms with Crippen LogP contribution in [-0.4, -0.2) is 6.29 Å². The molecule has 0 amide bonds. The molecule has 0 N–H and O–H groups in total. The second-order valence-electron chi connectivity index (χ2n) is 0.894. The molecular formula is C4H7CoO-. The van der Waals surface area contributed by atoms with E-state index < -0.39 is 0 Å². The van der Waals surface area contributed by atoms with Crippen molar-refractivity contribution in [1.82, 2.24) is 0 Å². The molecular weight excluding hydrogens is 123 g/mol. The Morgan fingerprint density at radius 2 is 2.17 bits per heavy atom. The molecule has 0 heterocycles. The third-order valence-electron chi connectivity index (χ3n) is 0.352. The van der Waals surface area contributed by atoms with E-state index in [0.717, 1.165) is 6.42 Å². The summed E-state index contributed by atoms with van der Waals surface area (Å²) >= 11 is 0. The third-order valence-corrected chi connectivity index (χ3v) is 0.352. The number of hydrogen-bond acceptors (Lipinski definition) is 1. The Morgan fingerprint density at radius 1 is 1.67 bits per heavy atom. The van der Waals surface area contributed by atoms with Crippen LogP contribution in [-0.2, 0) is 21.6 Å². The van der Waals surface area contributed by atoms with E-state index in [1.807, 2.05) is 6.92 Å². The second-order valence-corrected chi connectivity index (χ2v) is 0.894. The molecule has 2 heteroatoms. The summed E-state index contributed by atoms with van der Waals surface area (Å²) in [7, 11) is 0. The van der Waals surface area contributed by atoms with Crippen LogP contribution >= 0.6 is 0 Å². The monoisotopic (exact) mass is 130 g/mol. The van der Waals surface area contributed by atoms with Gasteiger partial charge in [0, 0.05) is 16.8 Å². The summed E-state index contributed by atoms with van der Waals surface area (Å²) in [4.78, 5) is 9.28. The first-order chi connectivity index (χ1) is 2.41. The van der Waals surface area contributed by atoms with Gasteiger partial charge < -0.3 is 4.79 Å². The van der Waals surface area contributed by atoms with Crippen LogP contribution in [0.4, 0.5) is 0 Å². The fourth-order valence-corrected chi connectivity index (χ4v) is 0.102. The predicted octanol–water partition coefficient (Wildman–Crippen LogP) is 0.894. The van der Waals surface area contributed by atoms with E-state index in [-0.39, 0.29) is 16.8 Å². The molecule has 0 aliphatic carbocycles. The molecule has 0 rings (SSSR count). The van der Waals surface area contributed by atoms with Crippen LogP contribution in [0.1, 0.15) is 19.8 Å². The van der Waals surface area contributed by atoms with Gasteiger partial charge in [0.15, 0.2) is 0 Å². The van der Waals surface area contributed by atoms with Crippen molar-refractivity contribution >= 4 is 6.29 Å². The van der Waals surface area contributed by atoms with E-state index in [4.69, 9.17) is 0 Å².